The minimum atomic E-state index is 0.572. The maximum Gasteiger partial charge on any atom is 0.000134 e. The highest BCUT2D eigenvalue weighted by Crippen LogP contribution is 2.32. The maximum absolute atomic E-state index is 2.26. The summed E-state index contributed by atoms with van der Waals surface area (Å²) in [6, 6.07) is 10.6. The molecular weight excluding hydrogens is 156 g/mol. The zero-order valence-corrected chi connectivity index (χ0v) is 8.12. The Bertz CT molecular complexity index is 355. The fourth-order valence-corrected chi connectivity index (χ4v) is 1.94. The number of allylic oxidation sites excluding steroid dienone is 4. The van der Waals surface area contributed by atoms with Gasteiger partial charge in [-0.3, -0.25) is 0 Å². The Morgan fingerprint density at radius 1 is 1.08 bits per heavy atom. The van der Waals surface area contributed by atoms with Gasteiger partial charge in [-0.2, -0.15) is 0 Å². The molecule has 0 spiro atoms. The maximum atomic E-state index is 2.26. The largest absolute Gasteiger partial charge is 0.0770 e. The van der Waals surface area contributed by atoms with Gasteiger partial charge < -0.3 is 0 Å². The van der Waals surface area contributed by atoms with Crippen LogP contribution in [0.3, 0.4) is 0 Å². The van der Waals surface area contributed by atoms with E-state index in [0.717, 1.165) is 0 Å². The van der Waals surface area contributed by atoms with Crippen molar-refractivity contribution in [2.75, 3.05) is 0 Å². The van der Waals surface area contributed by atoms with Crippen LogP contribution >= 0.6 is 0 Å². The lowest BCUT2D eigenvalue weighted by Crippen LogP contribution is -1.92. The van der Waals surface area contributed by atoms with Gasteiger partial charge in [0.25, 0.3) is 0 Å². The van der Waals surface area contributed by atoms with Crippen molar-refractivity contribution in [2.24, 2.45) is 5.92 Å². The fraction of sp³-hybridized carbons (Fsp3) is 0.231. The quantitative estimate of drug-likeness (QED) is 0.603. The van der Waals surface area contributed by atoms with Gasteiger partial charge >= 0.3 is 0 Å². The van der Waals surface area contributed by atoms with Gasteiger partial charge in [-0.25, -0.2) is 0 Å². The molecule has 0 heterocycles. The summed E-state index contributed by atoms with van der Waals surface area (Å²) in [5, 5.41) is 0. The van der Waals surface area contributed by atoms with Crippen molar-refractivity contribution in [3.63, 3.8) is 0 Å². The number of hydrogen-bond acceptors (Lipinski definition) is 0. The van der Waals surface area contributed by atoms with Crippen LogP contribution in [0.2, 0.25) is 0 Å². The Morgan fingerprint density at radius 2 is 1.77 bits per heavy atom. The molecule has 0 aliphatic heterocycles. The second kappa shape index (κ2) is 3.21. The van der Waals surface area contributed by atoms with E-state index in [9.17, 15) is 0 Å². The van der Waals surface area contributed by atoms with E-state index in [4.69, 9.17) is 0 Å². The molecule has 2 rings (SSSR count). The van der Waals surface area contributed by atoms with Gasteiger partial charge in [0.1, 0.15) is 0 Å². The summed E-state index contributed by atoms with van der Waals surface area (Å²) in [6.45, 7) is 4.43. The first-order valence-corrected chi connectivity index (χ1v) is 4.73. The smallest absolute Gasteiger partial charge is 0.000134 e. The highest BCUT2D eigenvalue weighted by Gasteiger charge is 2.14. The van der Waals surface area contributed by atoms with E-state index in [1.165, 1.54) is 16.7 Å². The summed E-state index contributed by atoms with van der Waals surface area (Å²) in [4.78, 5) is 0. The van der Waals surface area contributed by atoms with Crippen molar-refractivity contribution < 1.29 is 0 Å². The fourth-order valence-electron chi connectivity index (χ4n) is 1.94. The molecule has 1 atom stereocenters. The van der Waals surface area contributed by atoms with Crippen LogP contribution < -0.4 is 0 Å². The van der Waals surface area contributed by atoms with Crippen molar-refractivity contribution in [3.05, 3.63) is 53.6 Å². The third-order valence-electron chi connectivity index (χ3n) is 2.60. The van der Waals surface area contributed by atoms with Gasteiger partial charge in [0.05, 0.1) is 0 Å². The van der Waals surface area contributed by atoms with E-state index in [-0.39, 0.29) is 0 Å². The molecule has 66 valence electrons. The standard InChI is InChI=1S/C13H14/c1-10-8-9-11(2)13(10)12-6-4-3-5-7-12/h3-10H,1-2H3. The zero-order chi connectivity index (χ0) is 9.26. The third kappa shape index (κ3) is 1.44. The molecule has 0 heteroatoms. The lowest BCUT2D eigenvalue weighted by Gasteiger charge is -2.09. The summed E-state index contributed by atoms with van der Waals surface area (Å²) >= 11 is 0. The average Bonchev–Trinajstić information content (AvgIpc) is 2.48. The van der Waals surface area contributed by atoms with E-state index in [1.54, 1.807) is 0 Å². The molecule has 0 saturated carbocycles. The molecule has 0 radical (unpaired) electrons. The summed E-state index contributed by atoms with van der Waals surface area (Å²) in [5.74, 6) is 0.572. The Kier molecular flexibility index (Phi) is 2.05. The molecule has 13 heavy (non-hydrogen) atoms. The predicted molar refractivity (Wildman–Crippen MR) is 57.3 cm³/mol. The van der Waals surface area contributed by atoms with Crippen molar-refractivity contribution in [3.8, 4) is 0 Å². The molecule has 1 aromatic rings. The molecule has 0 saturated heterocycles. The van der Waals surface area contributed by atoms with Crippen LogP contribution in [0, 0.1) is 5.92 Å². The van der Waals surface area contributed by atoms with Gasteiger partial charge in [-0.1, -0.05) is 49.4 Å². The van der Waals surface area contributed by atoms with Crippen molar-refractivity contribution in [2.45, 2.75) is 13.8 Å². The van der Waals surface area contributed by atoms with Crippen molar-refractivity contribution in [1.82, 2.24) is 0 Å². The first-order chi connectivity index (χ1) is 6.29. The SMILES string of the molecule is CC1=C(c2ccccc2)C(C)C=C1. The first kappa shape index (κ1) is 8.31. The van der Waals surface area contributed by atoms with E-state index in [0.29, 0.717) is 5.92 Å². The topological polar surface area (TPSA) is 0 Å². The van der Waals surface area contributed by atoms with Crippen LogP contribution in [0.4, 0.5) is 0 Å². The second-order valence-electron chi connectivity index (χ2n) is 3.61. The molecule has 1 aromatic carbocycles. The molecule has 1 aliphatic rings. The van der Waals surface area contributed by atoms with Crippen LogP contribution in [0.5, 0.6) is 0 Å². The predicted octanol–water partition coefficient (Wildman–Crippen LogP) is 3.67. The van der Waals surface area contributed by atoms with Gasteiger partial charge in [0.2, 0.25) is 0 Å². The van der Waals surface area contributed by atoms with Crippen LogP contribution in [0.1, 0.15) is 19.4 Å². The van der Waals surface area contributed by atoms with E-state index in [2.05, 4.69) is 56.3 Å². The molecule has 0 bridgehead atoms. The summed E-state index contributed by atoms with van der Waals surface area (Å²) in [6.07, 6.45) is 4.48. The minimum Gasteiger partial charge on any atom is -0.0770 e. The second-order valence-corrected chi connectivity index (χ2v) is 3.61. The Labute approximate surface area is 79.6 Å². The molecule has 0 aromatic heterocycles. The van der Waals surface area contributed by atoms with Crippen molar-refractivity contribution >= 4 is 5.57 Å². The molecule has 1 unspecified atom stereocenters. The number of rotatable bonds is 1. The summed E-state index contributed by atoms with van der Waals surface area (Å²) in [5.41, 5.74) is 4.23. The Morgan fingerprint density at radius 3 is 2.31 bits per heavy atom. The molecule has 0 nitrogen and oxygen atoms in total. The third-order valence-corrected chi connectivity index (χ3v) is 2.60. The number of benzene rings is 1. The van der Waals surface area contributed by atoms with E-state index < -0.39 is 0 Å². The zero-order valence-electron chi connectivity index (χ0n) is 8.12. The van der Waals surface area contributed by atoms with Crippen molar-refractivity contribution in [1.29, 1.82) is 0 Å². The molecule has 0 N–H and O–H groups in total. The van der Waals surface area contributed by atoms with Crippen LogP contribution in [-0.4, -0.2) is 0 Å². The molecule has 0 amide bonds. The normalized spacial score (nSPS) is 21.2. The van der Waals surface area contributed by atoms with Crippen LogP contribution in [0.15, 0.2) is 48.1 Å². The van der Waals surface area contributed by atoms with Gasteiger partial charge in [-0.05, 0) is 23.6 Å². The Balaban J connectivity index is 2.44. The highest BCUT2D eigenvalue weighted by atomic mass is 14.2. The van der Waals surface area contributed by atoms with E-state index in [1.807, 2.05) is 0 Å². The van der Waals surface area contributed by atoms with E-state index >= 15 is 0 Å². The van der Waals surface area contributed by atoms with Gasteiger partial charge in [-0.15, -0.1) is 0 Å². The monoisotopic (exact) mass is 170 g/mol. The molecule has 0 fully saturated rings. The Hall–Kier alpha value is -1.30. The average molecular weight is 170 g/mol. The lowest BCUT2D eigenvalue weighted by atomic mass is 9.95. The minimum absolute atomic E-state index is 0.572. The molecular formula is C13H14. The van der Waals surface area contributed by atoms with Crippen LogP contribution in [-0.2, 0) is 0 Å². The first-order valence-electron chi connectivity index (χ1n) is 4.73. The lowest BCUT2D eigenvalue weighted by molar-refractivity contribution is 0.978. The number of hydrogen-bond donors (Lipinski definition) is 0. The van der Waals surface area contributed by atoms with Gasteiger partial charge in [0.15, 0.2) is 0 Å². The highest BCUT2D eigenvalue weighted by molar-refractivity contribution is 5.75. The van der Waals surface area contributed by atoms with Gasteiger partial charge in [0, 0.05) is 5.92 Å². The summed E-state index contributed by atoms with van der Waals surface area (Å²) in [7, 11) is 0. The molecule has 1 aliphatic carbocycles. The van der Waals surface area contributed by atoms with Crippen LogP contribution in [0.25, 0.3) is 5.57 Å². The summed E-state index contributed by atoms with van der Waals surface area (Å²) < 4.78 is 0.